The summed E-state index contributed by atoms with van der Waals surface area (Å²) in [6.07, 6.45) is 2.05. The average molecular weight is 191 g/mol. The van der Waals surface area contributed by atoms with E-state index in [2.05, 4.69) is 24.9 Å². The van der Waals surface area contributed by atoms with Crippen LogP contribution in [0, 0.1) is 0 Å². The van der Waals surface area contributed by atoms with Crippen molar-refractivity contribution < 1.29 is 4.79 Å². The van der Waals surface area contributed by atoms with Gasteiger partial charge in [0.15, 0.2) is 0 Å². The van der Waals surface area contributed by atoms with Crippen LogP contribution in [0.2, 0.25) is 0 Å². The molecule has 0 saturated heterocycles. The minimum Gasteiger partial charge on any atom is -0.302 e. The summed E-state index contributed by atoms with van der Waals surface area (Å²) in [5.41, 5.74) is 1.96. The summed E-state index contributed by atoms with van der Waals surface area (Å²) in [6, 6.07) is 7.76. The predicted octanol–water partition coefficient (Wildman–Crippen LogP) is 2.34. The number of rotatable bonds is 5. The molecule has 0 unspecified atom stereocenters. The van der Waals surface area contributed by atoms with E-state index in [-0.39, 0.29) is 0 Å². The summed E-state index contributed by atoms with van der Waals surface area (Å²) in [4.78, 5) is 12.8. The maximum atomic E-state index is 10.6. The van der Waals surface area contributed by atoms with E-state index in [1.54, 1.807) is 0 Å². The summed E-state index contributed by atoms with van der Waals surface area (Å²) in [7, 11) is 2.09. The van der Waals surface area contributed by atoms with E-state index in [1.165, 1.54) is 5.56 Å². The second kappa shape index (κ2) is 5.55. The molecule has 2 heteroatoms. The predicted molar refractivity (Wildman–Crippen MR) is 58.5 cm³/mol. The molecule has 0 aliphatic carbocycles. The van der Waals surface area contributed by atoms with E-state index < -0.39 is 0 Å². The molecule has 1 rings (SSSR count). The molecular formula is C12H17NO. The Kier molecular flexibility index (Phi) is 4.33. The molecule has 0 N–H and O–H groups in total. The third-order valence-corrected chi connectivity index (χ3v) is 2.14. The highest BCUT2D eigenvalue weighted by Gasteiger charge is 1.99. The van der Waals surface area contributed by atoms with Gasteiger partial charge in [0.25, 0.3) is 0 Å². The van der Waals surface area contributed by atoms with E-state index in [4.69, 9.17) is 0 Å². The van der Waals surface area contributed by atoms with Crippen molar-refractivity contribution in [3.05, 3.63) is 35.4 Å². The fourth-order valence-corrected chi connectivity index (χ4v) is 1.54. The first-order valence-corrected chi connectivity index (χ1v) is 4.99. The van der Waals surface area contributed by atoms with Crippen molar-refractivity contribution >= 4 is 6.29 Å². The lowest BCUT2D eigenvalue weighted by atomic mass is 10.1. The van der Waals surface area contributed by atoms with Gasteiger partial charge in [-0.3, -0.25) is 4.79 Å². The van der Waals surface area contributed by atoms with Gasteiger partial charge in [-0.15, -0.1) is 0 Å². The lowest BCUT2D eigenvalue weighted by molar-refractivity contribution is 0.112. The van der Waals surface area contributed by atoms with Crippen LogP contribution in [0.25, 0.3) is 0 Å². The molecule has 0 aromatic heterocycles. The third kappa shape index (κ3) is 3.30. The molecule has 2 nitrogen and oxygen atoms in total. The Balaban J connectivity index is 2.61. The molecule has 14 heavy (non-hydrogen) atoms. The van der Waals surface area contributed by atoms with Crippen LogP contribution in [0.4, 0.5) is 0 Å². The lowest BCUT2D eigenvalue weighted by Crippen LogP contribution is -2.18. The molecule has 0 bridgehead atoms. The van der Waals surface area contributed by atoms with Gasteiger partial charge in [0.05, 0.1) is 0 Å². The normalized spacial score (nSPS) is 10.5. The van der Waals surface area contributed by atoms with Crippen molar-refractivity contribution in [3.8, 4) is 0 Å². The lowest BCUT2D eigenvalue weighted by Gasteiger charge is -2.15. The molecule has 0 fully saturated rings. The summed E-state index contributed by atoms with van der Waals surface area (Å²) >= 11 is 0. The molecule has 76 valence electrons. The van der Waals surface area contributed by atoms with Gasteiger partial charge in [-0.1, -0.05) is 25.1 Å². The number of aldehydes is 1. The first-order chi connectivity index (χ1) is 6.76. The number of benzene rings is 1. The number of hydrogen-bond acceptors (Lipinski definition) is 2. The van der Waals surface area contributed by atoms with Gasteiger partial charge in [-0.2, -0.15) is 0 Å². The minimum atomic E-state index is 0.757. The van der Waals surface area contributed by atoms with Crippen molar-refractivity contribution in [2.24, 2.45) is 0 Å². The molecule has 1 aromatic rings. The highest BCUT2D eigenvalue weighted by Crippen LogP contribution is 2.06. The summed E-state index contributed by atoms with van der Waals surface area (Å²) in [6.45, 7) is 4.17. The van der Waals surface area contributed by atoms with Gasteiger partial charge in [0.1, 0.15) is 6.29 Å². The van der Waals surface area contributed by atoms with Gasteiger partial charge in [0.2, 0.25) is 0 Å². The Bertz CT molecular complexity index is 296. The van der Waals surface area contributed by atoms with Crippen LogP contribution >= 0.6 is 0 Å². The molecule has 0 atom stereocenters. The summed E-state index contributed by atoms with van der Waals surface area (Å²) in [5, 5.41) is 0. The Labute approximate surface area is 85.5 Å². The zero-order valence-electron chi connectivity index (χ0n) is 8.86. The number of carbonyl (C=O) groups is 1. The van der Waals surface area contributed by atoms with E-state index in [1.807, 2.05) is 18.2 Å². The third-order valence-electron chi connectivity index (χ3n) is 2.14. The van der Waals surface area contributed by atoms with Crippen molar-refractivity contribution in [1.29, 1.82) is 0 Å². The van der Waals surface area contributed by atoms with Crippen molar-refractivity contribution in [2.75, 3.05) is 13.6 Å². The maximum absolute atomic E-state index is 10.6. The standard InChI is InChI=1S/C12H17NO/c1-3-7-13(2)9-11-5-4-6-12(8-11)10-14/h4-6,8,10H,3,7,9H2,1-2H3. The Morgan fingerprint density at radius 2 is 2.21 bits per heavy atom. The minimum absolute atomic E-state index is 0.757. The van der Waals surface area contributed by atoms with Crippen LogP contribution < -0.4 is 0 Å². The van der Waals surface area contributed by atoms with Crippen LogP contribution in [-0.2, 0) is 6.54 Å². The second-order valence-corrected chi connectivity index (χ2v) is 3.60. The highest BCUT2D eigenvalue weighted by atomic mass is 16.1. The van der Waals surface area contributed by atoms with E-state index in [9.17, 15) is 4.79 Å². The zero-order valence-corrected chi connectivity index (χ0v) is 8.86. The van der Waals surface area contributed by atoms with Crippen LogP contribution in [0.1, 0.15) is 29.3 Å². The summed E-state index contributed by atoms with van der Waals surface area (Å²) < 4.78 is 0. The Morgan fingerprint density at radius 3 is 2.86 bits per heavy atom. The highest BCUT2D eigenvalue weighted by molar-refractivity contribution is 5.74. The van der Waals surface area contributed by atoms with Gasteiger partial charge in [-0.25, -0.2) is 0 Å². The molecule has 0 aliphatic heterocycles. The Hall–Kier alpha value is -1.15. The van der Waals surface area contributed by atoms with E-state index in [0.717, 1.165) is 31.4 Å². The van der Waals surface area contributed by atoms with E-state index in [0.29, 0.717) is 0 Å². The average Bonchev–Trinajstić information content (AvgIpc) is 2.18. The largest absolute Gasteiger partial charge is 0.302 e. The quantitative estimate of drug-likeness (QED) is 0.666. The first kappa shape index (κ1) is 10.9. The molecule has 0 radical (unpaired) electrons. The van der Waals surface area contributed by atoms with Crippen molar-refractivity contribution in [3.63, 3.8) is 0 Å². The maximum Gasteiger partial charge on any atom is 0.150 e. The number of carbonyl (C=O) groups excluding carboxylic acids is 1. The number of nitrogens with zero attached hydrogens (tertiary/aromatic N) is 1. The smallest absolute Gasteiger partial charge is 0.150 e. The van der Waals surface area contributed by atoms with Gasteiger partial charge in [0, 0.05) is 12.1 Å². The molecule has 0 saturated carbocycles. The fraction of sp³-hybridized carbons (Fsp3) is 0.417. The van der Waals surface area contributed by atoms with Gasteiger partial charge < -0.3 is 4.90 Å². The van der Waals surface area contributed by atoms with Gasteiger partial charge >= 0.3 is 0 Å². The number of hydrogen-bond donors (Lipinski definition) is 0. The zero-order chi connectivity index (χ0) is 10.4. The molecule has 0 aliphatic rings. The van der Waals surface area contributed by atoms with Crippen molar-refractivity contribution in [1.82, 2.24) is 4.90 Å². The van der Waals surface area contributed by atoms with E-state index >= 15 is 0 Å². The molecule has 0 spiro atoms. The SMILES string of the molecule is CCCN(C)Cc1cccc(C=O)c1. The summed E-state index contributed by atoms with van der Waals surface area (Å²) in [5.74, 6) is 0. The molecule has 0 amide bonds. The van der Waals surface area contributed by atoms with Gasteiger partial charge in [-0.05, 0) is 31.6 Å². The monoisotopic (exact) mass is 191 g/mol. The fourth-order valence-electron chi connectivity index (χ4n) is 1.54. The Morgan fingerprint density at radius 1 is 1.43 bits per heavy atom. The van der Waals surface area contributed by atoms with Crippen LogP contribution in [0.15, 0.2) is 24.3 Å². The molecule has 1 aromatic carbocycles. The van der Waals surface area contributed by atoms with Crippen LogP contribution in [0.5, 0.6) is 0 Å². The van der Waals surface area contributed by atoms with Crippen molar-refractivity contribution in [2.45, 2.75) is 19.9 Å². The van der Waals surface area contributed by atoms with Crippen LogP contribution in [-0.4, -0.2) is 24.8 Å². The molecular weight excluding hydrogens is 174 g/mol. The first-order valence-electron chi connectivity index (χ1n) is 4.99. The topological polar surface area (TPSA) is 20.3 Å². The van der Waals surface area contributed by atoms with Crippen LogP contribution in [0.3, 0.4) is 0 Å². The molecule has 0 heterocycles. The second-order valence-electron chi connectivity index (χ2n) is 3.60.